The largest absolute Gasteiger partial charge is 0.507 e. The zero-order chi connectivity index (χ0) is 35.4. The molecular weight excluding hydrogens is 644 g/mol. The van der Waals surface area contributed by atoms with E-state index in [2.05, 4.69) is 0 Å². The molecule has 3 aliphatic rings. The van der Waals surface area contributed by atoms with Crippen LogP contribution in [-0.2, 0) is 4.74 Å². The number of phenolic OH excluding ortho intramolecular Hbond substituents is 5. The van der Waals surface area contributed by atoms with Gasteiger partial charge in [-0.2, -0.15) is 0 Å². The van der Waals surface area contributed by atoms with Crippen LogP contribution in [0.25, 0.3) is 11.1 Å². The number of aliphatic hydroxyl groups is 3. The molecule has 2 aliphatic carbocycles. The van der Waals surface area contributed by atoms with E-state index in [0.29, 0.717) is 17.2 Å². The van der Waals surface area contributed by atoms with Gasteiger partial charge in [-0.15, -0.1) is 0 Å². The summed E-state index contributed by atoms with van der Waals surface area (Å²) in [5, 5.41) is 85.5. The molecule has 1 fully saturated rings. The number of hydrogen-bond donors (Lipinski definition) is 8. The van der Waals surface area contributed by atoms with Crippen LogP contribution < -0.4 is 4.74 Å². The van der Waals surface area contributed by atoms with Gasteiger partial charge < -0.3 is 50.3 Å². The third-order valence-electron chi connectivity index (χ3n) is 8.92. The fourth-order valence-electron chi connectivity index (χ4n) is 6.79. The summed E-state index contributed by atoms with van der Waals surface area (Å²) < 4.78 is 11.3. The lowest BCUT2D eigenvalue weighted by Crippen LogP contribution is -2.35. The summed E-state index contributed by atoms with van der Waals surface area (Å²) in [5.74, 6) is -8.39. The molecule has 1 heterocycles. The highest BCUT2D eigenvalue weighted by atomic mass is 16.7. The first-order valence-corrected chi connectivity index (χ1v) is 14.8. The molecule has 4 aromatic rings. The lowest BCUT2D eigenvalue weighted by atomic mass is 9.74. The first-order valence-electron chi connectivity index (χ1n) is 14.8. The quantitative estimate of drug-likeness (QED) is 0.133. The van der Waals surface area contributed by atoms with Crippen molar-refractivity contribution in [2.45, 2.75) is 38.4 Å². The number of benzene rings is 4. The number of fused-ring (bicyclic) bond motifs is 4. The van der Waals surface area contributed by atoms with Crippen LogP contribution in [-0.4, -0.2) is 95.2 Å². The van der Waals surface area contributed by atoms with Crippen molar-refractivity contribution in [3.8, 4) is 45.6 Å². The number of carbonyl (C=O) groups is 4. The highest BCUT2D eigenvalue weighted by molar-refractivity contribution is 6.35. The number of hydrogen-bond acceptors (Lipinski definition) is 14. The van der Waals surface area contributed by atoms with Crippen molar-refractivity contribution in [2.75, 3.05) is 6.61 Å². The normalized spacial score (nSPS) is 20.9. The van der Waals surface area contributed by atoms with E-state index in [1.165, 1.54) is 38.1 Å². The van der Waals surface area contributed by atoms with E-state index >= 15 is 0 Å². The molecule has 4 atom stereocenters. The molecule has 8 N–H and O–H groups in total. The van der Waals surface area contributed by atoms with Crippen molar-refractivity contribution in [3.63, 3.8) is 0 Å². The van der Waals surface area contributed by atoms with Gasteiger partial charge in [0, 0.05) is 45.5 Å². The molecule has 49 heavy (non-hydrogen) atoms. The van der Waals surface area contributed by atoms with Crippen molar-refractivity contribution in [2.24, 2.45) is 0 Å². The summed E-state index contributed by atoms with van der Waals surface area (Å²) >= 11 is 0. The van der Waals surface area contributed by atoms with Crippen LogP contribution >= 0.6 is 0 Å². The monoisotopic (exact) mass is 670 g/mol. The molecular formula is C35H26O14. The summed E-state index contributed by atoms with van der Waals surface area (Å²) in [7, 11) is 0. The Labute approximate surface area is 275 Å². The Morgan fingerprint density at radius 3 is 1.49 bits per heavy atom. The van der Waals surface area contributed by atoms with Gasteiger partial charge in [-0.25, -0.2) is 0 Å². The van der Waals surface area contributed by atoms with Gasteiger partial charge in [0.1, 0.15) is 52.8 Å². The van der Waals surface area contributed by atoms with Crippen LogP contribution in [0.15, 0.2) is 36.4 Å². The molecule has 0 spiro atoms. The van der Waals surface area contributed by atoms with Crippen LogP contribution in [0.5, 0.6) is 34.5 Å². The Balaban J connectivity index is 1.59. The van der Waals surface area contributed by atoms with E-state index in [4.69, 9.17) is 9.47 Å². The van der Waals surface area contributed by atoms with Crippen LogP contribution in [0.4, 0.5) is 0 Å². The van der Waals surface area contributed by atoms with Gasteiger partial charge >= 0.3 is 0 Å². The number of phenols is 5. The maximum Gasteiger partial charge on any atom is 0.229 e. The second-order valence-electron chi connectivity index (χ2n) is 12.1. The maximum absolute atomic E-state index is 14.4. The number of aryl methyl sites for hydroxylation is 2. The first-order chi connectivity index (χ1) is 23.2. The second-order valence-corrected chi connectivity index (χ2v) is 12.1. The molecule has 0 unspecified atom stereocenters. The Bertz CT molecular complexity index is 2220. The predicted molar refractivity (Wildman–Crippen MR) is 165 cm³/mol. The summed E-state index contributed by atoms with van der Waals surface area (Å²) in [4.78, 5) is 56.4. The van der Waals surface area contributed by atoms with Crippen molar-refractivity contribution in [3.05, 3.63) is 92.0 Å². The minimum atomic E-state index is -1.82. The lowest BCUT2D eigenvalue weighted by molar-refractivity contribution is -0.116. The molecule has 250 valence electrons. The van der Waals surface area contributed by atoms with Gasteiger partial charge in [-0.1, -0.05) is 0 Å². The SMILES string of the molecule is Cc1cc(O)c2c(c1)C(=O)c1c(c(O)cc(O)c1-c1c(O[C@H]3O[C@H](CO)[C@H](O)[C@H]3O)cc(O)c3c1C(=O)c1cc(C)cc(O)c1C3=O)C2=O. The number of aromatic hydroxyl groups is 5. The molecule has 1 aliphatic heterocycles. The fourth-order valence-corrected chi connectivity index (χ4v) is 6.79. The van der Waals surface area contributed by atoms with E-state index < -0.39 is 133 Å². The topological polar surface area (TPSA) is 249 Å². The van der Waals surface area contributed by atoms with E-state index in [1.54, 1.807) is 0 Å². The summed E-state index contributed by atoms with van der Waals surface area (Å²) in [6, 6.07) is 6.55. The predicted octanol–water partition coefficient (Wildman–Crippen LogP) is 1.87. The summed E-state index contributed by atoms with van der Waals surface area (Å²) in [5.41, 5.74) is -4.60. The maximum atomic E-state index is 14.4. The van der Waals surface area contributed by atoms with E-state index in [1.807, 2.05) is 0 Å². The van der Waals surface area contributed by atoms with Crippen LogP contribution in [0.1, 0.15) is 74.8 Å². The van der Waals surface area contributed by atoms with Crippen molar-refractivity contribution >= 4 is 23.1 Å². The van der Waals surface area contributed by atoms with E-state index in [0.717, 1.165) is 6.07 Å². The Morgan fingerprint density at radius 2 is 1.00 bits per heavy atom. The molecule has 0 aromatic heterocycles. The Kier molecular flexibility index (Phi) is 7.05. The third-order valence-corrected chi connectivity index (χ3v) is 8.92. The van der Waals surface area contributed by atoms with Gasteiger partial charge in [0.05, 0.1) is 28.9 Å². The average Bonchev–Trinajstić information content (AvgIpc) is 3.29. The van der Waals surface area contributed by atoms with Gasteiger partial charge in [0.25, 0.3) is 0 Å². The molecule has 7 rings (SSSR count). The van der Waals surface area contributed by atoms with E-state index in [-0.39, 0.29) is 11.1 Å². The van der Waals surface area contributed by atoms with Gasteiger partial charge in [-0.05, 0) is 49.2 Å². The highest BCUT2D eigenvalue weighted by Crippen LogP contribution is 2.53. The Morgan fingerprint density at radius 1 is 0.551 bits per heavy atom. The van der Waals surface area contributed by atoms with Crippen molar-refractivity contribution in [1.29, 1.82) is 0 Å². The Hall–Kier alpha value is -5.80. The van der Waals surface area contributed by atoms with Crippen molar-refractivity contribution < 1.29 is 69.5 Å². The molecule has 0 saturated carbocycles. The molecule has 14 nitrogen and oxygen atoms in total. The number of ketones is 4. The number of rotatable bonds is 4. The molecule has 0 radical (unpaired) electrons. The lowest BCUT2D eigenvalue weighted by Gasteiger charge is -2.28. The summed E-state index contributed by atoms with van der Waals surface area (Å²) in [6.07, 6.45) is -6.60. The van der Waals surface area contributed by atoms with Crippen LogP contribution in [0.2, 0.25) is 0 Å². The first kappa shape index (κ1) is 31.8. The van der Waals surface area contributed by atoms with Crippen LogP contribution in [0, 0.1) is 13.8 Å². The van der Waals surface area contributed by atoms with Gasteiger partial charge in [-0.3, -0.25) is 19.2 Å². The second kappa shape index (κ2) is 10.9. The van der Waals surface area contributed by atoms with Gasteiger partial charge in [0.15, 0.2) is 11.6 Å². The minimum absolute atomic E-state index is 0.312. The highest BCUT2D eigenvalue weighted by Gasteiger charge is 2.47. The third kappa shape index (κ3) is 4.42. The number of ether oxygens (including phenoxy) is 2. The average molecular weight is 671 g/mol. The smallest absolute Gasteiger partial charge is 0.229 e. The molecule has 4 aromatic carbocycles. The number of carbonyl (C=O) groups excluding carboxylic acids is 4. The summed E-state index contributed by atoms with van der Waals surface area (Å²) in [6.45, 7) is 2.33. The molecule has 14 heteroatoms. The van der Waals surface area contributed by atoms with Gasteiger partial charge in [0.2, 0.25) is 17.9 Å². The zero-order valence-electron chi connectivity index (χ0n) is 25.5. The number of aliphatic hydroxyl groups excluding tert-OH is 3. The van der Waals surface area contributed by atoms with Crippen LogP contribution in [0.3, 0.4) is 0 Å². The van der Waals surface area contributed by atoms with Crippen molar-refractivity contribution in [1.82, 2.24) is 0 Å². The molecule has 0 bridgehead atoms. The molecule has 0 amide bonds. The zero-order valence-corrected chi connectivity index (χ0v) is 25.5. The van der Waals surface area contributed by atoms with E-state index in [9.17, 15) is 60.0 Å². The fraction of sp³-hybridized carbons (Fsp3) is 0.200. The minimum Gasteiger partial charge on any atom is -0.507 e. The standard InChI is InChI=1S/C35H26O14/c1-10-3-12-21(14(37)5-10)32(45)24-17(40)7-16(39)23(27(24)29(12)42)26-19(48-35-34(47)31(44)20(9-36)49-35)8-18(41)25-28(26)30(43)13-4-11(2)6-15(38)22(13)33(25)46/h3-8,20,31,34-41,44,47H,9H2,1-2H3/t20-,31+,34-,35+/m1/s1. The molecule has 1 saturated heterocycles.